The van der Waals surface area contributed by atoms with Crippen molar-refractivity contribution in [3.8, 4) is 11.3 Å². The van der Waals surface area contributed by atoms with Crippen LogP contribution in [0.25, 0.3) is 11.3 Å². The number of nitrogens with zero attached hydrogens (tertiary/aromatic N) is 3. The van der Waals surface area contributed by atoms with Crippen LogP contribution in [0.15, 0.2) is 5.38 Å². The van der Waals surface area contributed by atoms with E-state index in [0.717, 1.165) is 23.1 Å². The fourth-order valence-electron chi connectivity index (χ4n) is 2.14. The minimum absolute atomic E-state index is 0.0345. The maximum absolute atomic E-state index is 4.69. The zero-order valence-electron chi connectivity index (χ0n) is 12.5. The molecular formula is C14H22N4S. The third kappa shape index (κ3) is 2.97. The standard InChI is InChI=1S/C14H22N4S/c1-7-18-10(3)12(9(2)17-18)11-8-19-13(15-11)16-14(4,5)6/h8H,7H2,1-6H3,(H,15,16). The highest BCUT2D eigenvalue weighted by Gasteiger charge is 2.17. The van der Waals surface area contributed by atoms with E-state index >= 15 is 0 Å². The van der Waals surface area contributed by atoms with Crippen molar-refractivity contribution >= 4 is 16.5 Å². The average molecular weight is 278 g/mol. The van der Waals surface area contributed by atoms with Crippen LogP contribution in [0.1, 0.15) is 39.1 Å². The summed E-state index contributed by atoms with van der Waals surface area (Å²) in [6.45, 7) is 13.6. The van der Waals surface area contributed by atoms with E-state index in [2.05, 4.69) is 55.4 Å². The smallest absolute Gasteiger partial charge is 0.183 e. The maximum Gasteiger partial charge on any atom is 0.183 e. The van der Waals surface area contributed by atoms with E-state index in [0.29, 0.717) is 0 Å². The molecule has 0 radical (unpaired) electrons. The van der Waals surface area contributed by atoms with E-state index in [1.54, 1.807) is 11.3 Å². The van der Waals surface area contributed by atoms with Crippen LogP contribution in [0.3, 0.4) is 0 Å². The zero-order chi connectivity index (χ0) is 14.2. The SMILES string of the molecule is CCn1nc(C)c(-c2csc(NC(C)(C)C)n2)c1C. The molecular weight excluding hydrogens is 256 g/mol. The molecule has 0 aliphatic carbocycles. The van der Waals surface area contributed by atoms with Gasteiger partial charge in [-0.3, -0.25) is 4.68 Å². The summed E-state index contributed by atoms with van der Waals surface area (Å²) in [5, 5.41) is 11.0. The molecule has 0 aromatic carbocycles. The molecule has 5 heteroatoms. The predicted octanol–water partition coefficient (Wildman–Crippen LogP) is 3.85. The molecule has 0 unspecified atom stereocenters. The van der Waals surface area contributed by atoms with Gasteiger partial charge < -0.3 is 5.32 Å². The van der Waals surface area contributed by atoms with Gasteiger partial charge in [0.2, 0.25) is 0 Å². The number of aryl methyl sites for hydroxylation is 2. The Kier molecular flexibility index (Phi) is 3.67. The lowest BCUT2D eigenvalue weighted by atomic mass is 10.1. The molecule has 4 nitrogen and oxygen atoms in total. The van der Waals surface area contributed by atoms with Gasteiger partial charge in [0.1, 0.15) is 0 Å². The summed E-state index contributed by atoms with van der Waals surface area (Å²) in [6, 6.07) is 0. The molecule has 0 aliphatic rings. The number of thiazole rings is 1. The van der Waals surface area contributed by atoms with Gasteiger partial charge in [0.05, 0.1) is 11.4 Å². The normalized spacial score (nSPS) is 11.9. The fourth-order valence-corrected chi connectivity index (χ4v) is 3.05. The van der Waals surface area contributed by atoms with Gasteiger partial charge in [-0.1, -0.05) is 0 Å². The van der Waals surface area contributed by atoms with Gasteiger partial charge in [0.25, 0.3) is 0 Å². The number of rotatable bonds is 3. The lowest BCUT2D eigenvalue weighted by molar-refractivity contribution is 0.633. The molecule has 0 saturated heterocycles. The molecule has 2 aromatic rings. The van der Waals surface area contributed by atoms with Crippen molar-refractivity contribution in [2.24, 2.45) is 0 Å². The van der Waals surface area contributed by atoms with Gasteiger partial charge in [-0.05, 0) is 41.5 Å². The summed E-state index contributed by atoms with van der Waals surface area (Å²) >= 11 is 1.65. The van der Waals surface area contributed by atoms with Gasteiger partial charge in [0, 0.05) is 28.7 Å². The Morgan fingerprint density at radius 3 is 2.53 bits per heavy atom. The van der Waals surface area contributed by atoms with Gasteiger partial charge in [-0.15, -0.1) is 11.3 Å². The van der Waals surface area contributed by atoms with Gasteiger partial charge in [-0.2, -0.15) is 5.10 Å². The van der Waals surface area contributed by atoms with Crippen molar-refractivity contribution in [2.75, 3.05) is 5.32 Å². The van der Waals surface area contributed by atoms with E-state index < -0.39 is 0 Å². The van der Waals surface area contributed by atoms with E-state index in [1.165, 1.54) is 11.3 Å². The summed E-state index contributed by atoms with van der Waals surface area (Å²) < 4.78 is 2.03. The number of aromatic nitrogens is 3. The molecule has 0 saturated carbocycles. The molecule has 0 bridgehead atoms. The molecule has 1 N–H and O–H groups in total. The summed E-state index contributed by atoms with van der Waals surface area (Å²) in [4.78, 5) is 4.69. The van der Waals surface area contributed by atoms with E-state index in [1.807, 2.05) is 11.6 Å². The van der Waals surface area contributed by atoms with Crippen LogP contribution in [0.4, 0.5) is 5.13 Å². The Labute approximate surface area is 118 Å². The highest BCUT2D eigenvalue weighted by atomic mass is 32.1. The first-order valence-electron chi connectivity index (χ1n) is 6.60. The van der Waals surface area contributed by atoms with Crippen LogP contribution in [0, 0.1) is 13.8 Å². The highest BCUT2D eigenvalue weighted by molar-refractivity contribution is 7.14. The minimum Gasteiger partial charge on any atom is -0.357 e. The molecule has 104 valence electrons. The zero-order valence-corrected chi connectivity index (χ0v) is 13.4. The summed E-state index contributed by atoms with van der Waals surface area (Å²) in [7, 11) is 0. The van der Waals surface area contributed by atoms with E-state index in [4.69, 9.17) is 0 Å². The first-order chi connectivity index (χ1) is 8.81. The van der Waals surface area contributed by atoms with Crippen molar-refractivity contribution < 1.29 is 0 Å². The van der Waals surface area contributed by atoms with Gasteiger partial charge >= 0.3 is 0 Å². The summed E-state index contributed by atoms with van der Waals surface area (Å²) in [5.74, 6) is 0. The van der Waals surface area contributed by atoms with Crippen LogP contribution < -0.4 is 5.32 Å². The Bertz CT molecular complexity index is 575. The molecule has 0 spiro atoms. The topological polar surface area (TPSA) is 42.7 Å². The van der Waals surface area contributed by atoms with Crippen molar-refractivity contribution in [3.05, 3.63) is 16.8 Å². The number of hydrogen-bond acceptors (Lipinski definition) is 4. The molecule has 2 heterocycles. The second kappa shape index (κ2) is 4.96. The fraction of sp³-hybridized carbons (Fsp3) is 0.571. The van der Waals surface area contributed by atoms with Crippen molar-refractivity contribution in [2.45, 2.75) is 53.6 Å². The number of nitrogens with one attached hydrogen (secondary N) is 1. The van der Waals surface area contributed by atoms with Crippen LogP contribution in [-0.4, -0.2) is 20.3 Å². The number of anilines is 1. The Hall–Kier alpha value is -1.36. The molecule has 19 heavy (non-hydrogen) atoms. The van der Waals surface area contributed by atoms with Crippen molar-refractivity contribution in [3.63, 3.8) is 0 Å². The summed E-state index contributed by atoms with van der Waals surface area (Å²) in [5.41, 5.74) is 4.46. The molecule has 2 aromatic heterocycles. The third-order valence-electron chi connectivity index (χ3n) is 2.92. The van der Waals surface area contributed by atoms with Crippen LogP contribution in [-0.2, 0) is 6.54 Å². The lowest BCUT2D eigenvalue weighted by Crippen LogP contribution is -2.25. The summed E-state index contributed by atoms with van der Waals surface area (Å²) in [6.07, 6.45) is 0. The molecule has 0 aliphatic heterocycles. The molecule has 0 fully saturated rings. The van der Waals surface area contributed by atoms with E-state index in [9.17, 15) is 0 Å². The molecule has 0 amide bonds. The van der Waals surface area contributed by atoms with Gasteiger partial charge in [-0.25, -0.2) is 4.98 Å². The molecule has 2 rings (SSSR count). The Balaban J connectivity index is 2.36. The van der Waals surface area contributed by atoms with Gasteiger partial charge in [0.15, 0.2) is 5.13 Å². The first-order valence-corrected chi connectivity index (χ1v) is 7.48. The van der Waals surface area contributed by atoms with Crippen molar-refractivity contribution in [1.29, 1.82) is 0 Å². The predicted molar refractivity (Wildman–Crippen MR) is 81.9 cm³/mol. The third-order valence-corrected chi connectivity index (χ3v) is 3.68. The quantitative estimate of drug-likeness (QED) is 0.927. The average Bonchev–Trinajstić information content (AvgIpc) is 2.81. The Morgan fingerprint density at radius 2 is 2.00 bits per heavy atom. The first kappa shape index (κ1) is 14.1. The second-order valence-corrected chi connectivity index (χ2v) is 6.63. The molecule has 0 atom stereocenters. The number of hydrogen-bond donors (Lipinski definition) is 1. The van der Waals surface area contributed by atoms with E-state index in [-0.39, 0.29) is 5.54 Å². The lowest BCUT2D eigenvalue weighted by Gasteiger charge is -2.19. The van der Waals surface area contributed by atoms with Crippen LogP contribution in [0.2, 0.25) is 0 Å². The largest absolute Gasteiger partial charge is 0.357 e. The van der Waals surface area contributed by atoms with Crippen LogP contribution >= 0.6 is 11.3 Å². The highest BCUT2D eigenvalue weighted by Crippen LogP contribution is 2.30. The van der Waals surface area contributed by atoms with Crippen molar-refractivity contribution in [1.82, 2.24) is 14.8 Å². The van der Waals surface area contributed by atoms with Crippen LogP contribution in [0.5, 0.6) is 0 Å². The minimum atomic E-state index is 0.0345. The second-order valence-electron chi connectivity index (χ2n) is 5.77. The monoisotopic (exact) mass is 278 g/mol. The Morgan fingerprint density at radius 1 is 1.32 bits per heavy atom. The maximum atomic E-state index is 4.69.